The van der Waals surface area contributed by atoms with Gasteiger partial charge < -0.3 is 10.6 Å². The molecular formula is C27H30N4O2. The molecule has 0 radical (unpaired) electrons. The third kappa shape index (κ3) is 6.75. The second-order valence-corrected chi connectivity index (χ2v) is 8.31. The van der Waals surface area contributed by atoms with Crippen LogP contribution in [0.25, 0.3) is 0 Å². The van der Waals surface area contributed by atoms with E-state index in [1.807, 2.05) is 42.5 Å². The van der Waals surface area contributed by atoms with Crippen LogP contribution in [0, 0.1) is 0 Å². The van der Waals surface area contributed by atoms with E-state index in [1.54, 1.807) is 18.2 Å². The van der Waals surface area contributed by atoms with Crippen molar-refractivity contribution in [3.63, 3.8) is 0 Å². The molecule has 0 aromatic heterocycles. The van der Waals surface area contributed by atoms with Gasteiger partial charge in [0.05, 0.1) is 17.8 Å². The van der Waals surface area contributed by atoms with Gasteiger partial charge in [0.15, 0.2) is 0 Å². The number of nitrogens with zero attached hydrogens (tertiary/aromatic N) is 2. The highest BCUT2D eigenvalue weighted by atomic mass is 16.2. The second-order valence-electron chi connectivity index (χ2n) is 8.31. The van der Waals surface area contributed by atoms with Gasteiger partial charge in [0.2, 0.25) is 5.91 Å². The van der Waals surface area contributed by atoms with Crippen molar-refractivity contribution in [1.82, 2.24) is 9.80 Å². The van der Waals surface area contributed by atoms with E-state index >= 15 is 0 Å². The molecule has 0 saturated carbocycles. The molecule has 2 amide bonds. The molecular weight excluding hydrogens is 412 g/mol. The number of hydrogen-bond acceptors (Lipinski definition) is 4. The first kappa shape index (κ1) is 22.7. The quantitative estimate of drug-likeness (QED) is 0.579. The minimum absolute atomic E-state index is 0.105. The van der Waals surface area contributed by atoms with Crippen molar-refractivity contribution < 1.29 is 9.59 Å². The lowest BCUT2D eigenvalue weighted by Crippen LogP contribution is -2.36. The van der Waals surface area contributed by atoms with Crippen molar-refractivity contribution in [2.75, 3.05) is 43.4 Å². The molecule has 1 fully saturated rings. The number of para-hydroxylation sites is 2. The van der Waals surface area contributed by atoms with Crippen molar-refractivity contribution >= 4 is 23.2 Å². The summed E-state index contributed by atoms with van der Waals surface area (Å²) in [5.41, 5.74) is 3.00. The average Bonchev–Trinajstić information content (AvgIpc) is 3.05. The van der Waals surface area contributed by atoms with Crippen LogP contribution in [-0.4, -0.2) is 54.3 Å². The van der Waals surface area contributed by atoms with E-state index < -0.39 is 0 Å². The Morgan fingerprint density at radius 1 is 0.697 bits per heavy atom. The van der Waals surface area contributed by atoms with E-state index in [-0.39, 0.29) is 11.8 Å². The fourth-order valence-electron chi connectivity index (χ4n) is 4.09. The van der Waals surface area contributed by atoms with Crippen molar-refractivity contribution in [3.8, 4) is 0 Å². The molecule has 6 nitrogen and oxygen atoms in total. The van der Waals surface area contributed by atoms with Crippen LogP contribution in [0.5, 0.6) is 0 Å². The molecule has 1 aliphatic heterocycles. The van der Waals surface area contributed by atoms with Gasteiger partial charge in [0.25, 0.3) is 5.91 Å². The lowest BCUT2D eigenvalue weighted by atomic mass is 10.1. The minimum Gasteiger partial charge on any atom is -0.324 e. The molecule has 2 N–H and O–H groups in total. The van der Waals surface area contributed by atoms with Gasteiger partial charge in [-0.1, -0.05) is 60.7 Å². The normalized spacial score (nSPS) is 14.9. The number of amides is 2. The van der Waals surface area contributed by atoms with Gasteiger partial charge in [-0.05, 0) is 49.3 Å². The summed E-state index contributed by atoms with van der Waals surface area (Å²) in [6, 6.07) is 26.9. The maximum Gasteiger partial charge on any atom is 0.257 e. The molecule has 3 aromatic rings. The smallest absolute Gasteiger partial charge is 0.257 e. The molecule has 0 unspecified atom stereocenters. The Balaban J connectivity index is 1.31. The number of carbonyl (C=O) groups excluding carboxylic acids is 2. The van der Waals surface area contributed by atoms with Crippen LogP contribution in [0.4, 0.5) is 11.4 Å². The maximum atomic E-state index is 12.8. The largest absolute Gasteiger partial charge is 0.324 e. The molecule has 0 bridgehead atoms. The number of nitrogens with one attached hydrogen (secondary N) is 2. The molecule has 1 saturated heterocycles. The number of benzene rings is 3. The molecule has 6 heteroatoms. The summed E-state index contributed by atoms with van der Waals surface area (Å²) in [6.45, 7) is 4.93. The first-order valence-corrected chi connectivity index (χ1v) is 11.4. The van der Waals surface area contributed by atoms with Crippen molar-refractivity contribution in [2.45, 2.75) is 13.0 Å². The van der Waals surface area contributed by atoms with E-state index in [4.69, 9.17) is 0 Å². The van der Waals surface area contributed by atoms with E-state index in [0.717, 1.165) is 39.1 Å². The molecule has 1 aliphatic rings. The Labute approximate surface area is 195 Å². The highest BCUT2D eigenvalue weighted by Crippen LogP contribution is 2.18. The zero-order valence-electron chi connectivity index (χ0n) is 18.7. The van der Waals surface area contributed by atoms with E-state index in [2.05, 4.69) is 44.7 Å². The van der Waals surface area contributed by atoms with Crippen LogP contribution in [0.15, 0.2) is 84.9 Å². The molecule has 0 spiro atoms. The van der Waals surface area contributed by atoms with Gasteiger partial charge in [0, 0.05) is 25.3 Å². The molecule has 1 heterocycles. The lowest BCUT2D eigenvalue weighted by molar-refractivity contribution is -0.117. The third-order valence-corrected chi connectivity index (χ3v) is 5.77. The maximum absolute atomic E-state index is 12.8. The standard InChI is InChI=1S/C27H30N4O2/c32-26(21-31-17-9-16-30(18-19-31)20-22-10-3-1-4-11-22)29-25-15-8-7-14-24(25)27(33)28-23-12-5-2-6-13-23/h1-8,10-15H,9,16-21H2,(H,28,33)(H,29,32). The lowest BCUT2D eigenvalue weighted by Gasteiger charge is -2.21. The fraction of sp³-hybridized carbons (Fsp3) is 0.259. The Morgan fingerprint density at radius 3 is 2.12 bits per heavy atom. The summed E-state index contributed by atoms with van der Waals surface area (Å²) >= 11 is 0. The topological polar surface area (TPSA) is 64.7 Å². The van der Waals surface area contributed by atoms with Crippen LogP contribution < -0.4 is 10.6 Å². The zero-order valence-corrected chi connectivity index (χ0v) is 18.7. The van der Waals surface area contributed by atoms with Crippen LogP contribution in [-0.2, 0) is 11.3 Å². The molecule has 4 rings (SSSR count). The Kier molecular flexibility index (Phi) is 7.85. The van der Waals surface area contributed by atoms with E-state index in [0.29, 0.717) is 23.5 Å². The molecule has 170 valence electrons. The van der Waals surface area contributed by atoms with Crippen molar-refractivity contribution in [1.29, 1.82) is 0 Å². The highest BCUT2D eigenvalue weighted by molar-refractivity contribution is 6.10. The summed E-state index contributed by atoms with van der Waals surface area (Å²) in [5.74, 6) is -0.352. The number of carbonyl (C=O) groups is 2. The number of rotatable bonds is 7. The van der Waals surface area contributed by atoms with Gasteiger partial charge in [-0.2, -0.15) is 0 Å². The highest BCUT2D eigenvalue weighted by Gasteiger charge is 2.19. The van der Waals surface area contributed by atoms with Gasteiger partial charge >= 0.3 is 0 Å². The molecule has 0 aliphatic carbocycles. The summed E-state index contributed by atoms with van der Waals surface area (Å²) < 4.78 is 0. The SMILES string of the molecule is O=C(CN1CCCN(Cc2ccccc2)CC1)Nc1ccccc1C(=O)Nc1ccccc1. The van der Waals surface area contributed by atoms with Gasteiger partial charge in [-0.3, -0.25) is 19.4 Å². The summed E-state index contributed by atoms with van der Waals surface area (Å²) in [7, 11) is 0. The second kappa shape index (κ2) is 11.4. The van der Waals surface area contributed by atoms with Gasteiger partial charge in [-0.25, -0.2) is 0 Å². The Hall–Kier alpha value is -3.48. The van der Waals surface area contributed by atoms with Crippen molar-refractivity contribution in [2.24, 2.45) is 0 Å². The minimum atomic E-state index is -0.247. The van der Waals surface area contributed by atoms with Crippen LogP contribution >= 0.6 is 0 Å². The third-order valence-electron chi connectivity index (χ3n) is 5.77. The fourth-order valence-corrected chi connectivity index (χ4v) is 4.09. The number of anilines is 2. The van der Waals surface area contributed by atoms with Crippen LogP contribution in [0.1, 0.15) is 22.3 Å². The zero-order chi connectivity index (χ0) is 22.9. The number of hydrogen-bond donors (Lipinski definition) is 2. The predicted molar refractivity (Wildman–Crippen MR) is 132 cm³/mol. The van der Waals surface area contributed by atoms with Crippen LogP contribution in [0.2, 0.25) is 0 Å². The molecule has 33 heavy (non-hydrogen) atoms. The van der Waals surface area contributed by atoms with Gasteiger partial charge in [-0.15, -0.1) is 0 Å². The van der Waals surface area contributed by atoms with E-state index in [9.17, 15) is 9.59 Å². The Morgan fingerprint density at radius 2 is 1.33 bits per heavy atom. The summed E-state index contributed by atoms with van der Waals surface area (Å²) in [6.07, 6.45) is 1.02. The predicted octanol–water partition coefficient (Wildman–Crippen LogP) is 4.09. The van der Waals surface area contributed by atoms with E-state index in [1.165, 1.54) is 5.56 Å². The molecule has 0 atom stereocenters. The Bertz CT molecular complexity index is 1060. The summed E-state index contributed by atoms with van der Waals surface area (Å²) in [4.78, 5) is 30.2. The van der Waals surface area contributed by atoms with Crippen LogP contribution in [0.3, 0.4) is 0 Å². The monoisotopic (exact) mass is 442 g/mol. The van der Waals surface area contributed by atoms with Gasteiger partial charge in [0.1, 0.15) is 0 Å². The first-order chi connectivity index (χ1) is 16.2. The van der Waals surface area contributed by atoms with Crippen molar-refractivity contribution in [3.05, 3.63) is 96.1 Å². The average molecular weight is 443 g/mol. The summed E-state index contributed by atoms with van der Waals surface area (Å²) in [5, 5.41) is 5.82. The molecule has 3 aromatic carbocycles. The first-order valence-electron chi connectivity index (χ1n) is 11.4.